The van der Waals surface area contributed by atoms with E-state index in [1.807, 2.05) is 0 Å². The Kier molecular flexibility index (Phi) is 4.37. The van der Waals surface area contributed by atoms with E-state index >= 15 is 0 Å². The molecule has 0 radical (unpaired) electrons. The van der Waals surface area contributed by atoms with Gasteiger partial charge in [-0.05, 0) is 104 Å². The molecule has 0 bridgehead atoms. The summed E-state index contributed by atoms with van der Waals surface area (Å²) in [6.45, 7) is 7.80. The Balaban J connectivity index is 1.31. The summed E-state index contributed by atoms with van der Waals surface area (Å²) in [7, 11) is 0. The Morgan fingerprint density at radius 1 is 0.962 bits per heavy atom. The summed E-state index contributed by atoms with van der Waals surface area (Å²) in [5.41, 5.74) is 1.17. The van der Waals surface area contributed by atoms with Crippen LogP contribution in [0, 0.1) is 52.3 Å². The molecule has 4 fully saturated rings. The first-order valence-electron chi connectivity index (χ1n) is 12.2. The Morgan fingerprint density at radius 2 is 1.81 bits per heavy atom. The molecule has 0 aliphatic heterocycles. The molecule has 0 aromatic rings. The molecule has 0 saturated heterocycles. The zero-order valence-corrected chi connectivity index (χ0v) is 17.7. The van der Waals surface area contributed by atoms with Gasteiger partial charge in [0.2, 0.25) is 0 Å². The summed E-state index contributed by atoms with van der Waals surface area (Å²) in [5.74, 6) is 7.07. The van der Waals surface area contributed by atoms with Gasteiger partial charge in [-0.15, -0.1) is 0 Å². The highest BCUT2D eigenvalue weighted by molar-refractivity contribution is 5.20. The van der Waals surface area contributed by atoms with Gasteiger partial charge in [-0.2, -0.15) is 0 Å². The molecule has 0 aromatic heterocycles. The van der Waals surface area contributed by atoms with Crippen molar-refractivity contribution in [1.29, 1.82) is 0 Å². The lowest BCUT2D eigenvalue weighted by molar-refractivity contribution is -0.0532. The third-order valence-electron chi connectivity index (χ3n) is 10.6. The average Bonchev–Trinajstić information content (AvgIpc) is 3.22. The van der Waals surface area contributed by atoms with E-state index in [-0.39, 0.29) is 0 Å². The van der Waals surface area contributed by atoms with E-state index in [4.69, 9.17) is 0 Å². The molecule has 5 aliphatic rings. The summed E-state index contributed by atoms with van der Waals surface area (Å²) in [6, 6.07) is 0. The largest absolute Gasteiger partial charge is 0.0840 e. The Labute approximate surface area is 162 Å². The van der Waals surface area contributed by atoms with Crippen LogP contribution in [0.2, 0.25) is 0 Å². The van der Waals surface area contributed by atoms with Crippen LogP contribution in [0.3, 0.4) is 0 Å². The van der Waals surface area contributed by atoms with Crippen LogP contribution in [0.5, 0.6) is 0 Å². The third kappa shape index (κ3) is 2.68. The van der Waals surface area contributed by atoms with Gasteiger partial charge in [-0.1, -0.05) is 58.6 Å². The second kappa shape index (κ2) is 6.38. The van der Waals surface area contributed by atoms with Gasteiger partial charge in [-0.25, -0.2) is 0 Å². The van der Waals surface area contributed by atoms with E-state index in [0.29, 0.717) is 10.8 Å². The first-order chi connectivity index (χ1) is 12.5. The van der Waals surface area contributed by atoms with Crippen molar-refractivity contribution in [3.63, 3.8) is 0 Å². The standard InChI is InChI=1S/C26H42/c1-18-17-19(18)7-6-9-21-11-13-23-22-12-10-20-8-4-5-15-25(20,2)24(22)14-16-26(21,23)3/h14,16,18-24H,4-13,15,17H2,1-3H3. The summed E-state index contributed by atoms with van der Waals surface area (Å²) in [5, 5.41) is 0. The predicted molar refractivity (Wildman–Crippen MR) is 111 cm³/mol. The minimum atomic E-state index is 0.536. The predicted octanol–water partition coefficient (Wildman–Crippen LogP) is 7.64. The third-order valence-corrected chi connectivity index (χ3v) is 10.6. The molecule has 0 nitrogen and oxygen atoms in total. The lowest BCUT2D eigenvalue weighted by atomic mass is 9.47. The van der Waals surface area contributed by atoms with Crippen molar-refractivity contribution in [2.24, 2.45) is 52.3 Å². The first kappa shape index (κ1) is 17.8. The molecule has 0 heterocycles. The lowest BCUT2D eigenvalue weighted by Gasteiger charge is -2.58. The van der Waals surface area contributed by atoms with Crippen molar-refractivity contribution < 1.29 is 0 Å². The van der Waals surface area contributed by atoms with Crippen molar-refractivity contribution >= 4 is 0 Å². The van der Waals surface area contributed by atoms with Crippen molar-refractivity contribution in [3.8, 4) is 0 Å². The topological polar surface area (TPSA) is 0 Å². The van der Waals surface area contributed by atoms with E-state index in [1.165, 1.54) is 64.2 Å². The molecule has 0 heteroatoms. The van der Waals surface area contributed by atoms with Crippen LogP contribution in [0.15, 0.2) is 12.2 Å². The van der Waals surface area contributed by atoms with Gasteiger partial charge in [0, 0.05) is 0 Å². The zero-order valence-electron chi connectivity index (χ0n) is 17.7. The zero-order chi connectivity index (χ0) is 17.9. The van der Waals surface area contributed by atoms with Gasteiger partial charge in [0.05, 0.1) is 0 Å². The number of fused-ring (bicyclic) bond motifs is 5. The molecule has 146 valence electrons. The van der Waals surface area contributed by atoms with E-state index in [0.717, 1.165) is 41.4 Å². The van der Waals surface area contributed by atoms with Gasteiger partial charge in [0.25, 0.3) is 0 Å². The van der Waals surface area contributed by atoms with Gasteiger partial charge in [0.1, 0.15) is 0 Å². The van der Waals surface area contributed by atoms with Crippen molar-refractivity contribution in [1.82, 2.24) is 0 Å². The Bertz CT molecular complexity index is 560. The van der Waals surface area contributed by atoms with Gasteiger partial charge >= 0.3 is 0 Å². The number of hydrogen-bond acceptors (Lipinski definition) is 0. The van der Waals surface area contributed by atoms with Gasteiger partial charge < -0.3 is 0 Å². The van der Waals surface area contributed by atoms with Crippen LogP contribution in [-0.2, 0) is 0 Å². The first-order valence-corrected chi connectivity index (χ1v) is 12.2. The normalized spacial score (nSPS) is 55.1. The fourth-order valence-corrected chi connectivity index (χ4v) is 8.65. The van der Waals surface area contributed by atoms with E-state index in [2.05, 4.69) is 32.9 Å². The quantitative estimate of drug-likeness (QED) is 0.455. The molecule has 0 aromatic carbocycles. The molecule has 9 unspecified atom stereocenters. The van der Waals surface area contributed by atoms with Crippen LogP contribution in [0.1, 0.15) is 97.8 Å². The van der Waals surface area contributed by atoms with E-state index < -0.39 is 0 Å². The monoisotopic (exact) mass is 354 g/mol. The summed E-state index contributed by atoms with van der Waals surface area (Å²) >= 11 is 0. The van der Waals surface area contributed by atoms with E-state index in [1.54, 1.807) is 12.8 Å². The van der Waals surface area contributed by atoms with Crippen molar-refractivity contribution in [2.75, 3.05) is 0 Å². The van der Waals surface area contributed by atoms with Crippen molar-refractivity contribution in [3.05, 3.63) is 12.2 Å². The Hall–Kier alpha value is -0.260. The molecule has 5 aliphatic carbocycles. The average molecular weight is 355 g/mol. The maximum absolute atomic E-state index is 2.78. The SMILES string of the molecule is CC1CC1CCCC1CCC2C3CCC4CCCCC4(C)C3C=CC12C. The van der Waals surface area contributed by atoms with Gasteiger partial charge in [0.15, 0.2) is 0 Å². The molecule has 26 heavy (non-hydrogen) atoms. The van der Waals surface area contributed by atoms with Crippen LogP contribution in [-0.4, -0.2) is 0 Å². The van der Waals surface area contributed by atoms with E-state index in [9.17, 15) is 0 Å². The Morgan fingerprint density at radius 3 is 2.62 bits per heavy atom. The highest BCUT2D eigenvalue weighted by Gasteiger charge is 2.57. The maximum Gasteiger partial charge on any atom is -0.00871 e. The second-order valence-corrected chi connectivity index (χ2v) is 11.7. The number of allylic oxidation sites excluding steroid dienone is 2. The molecular weight excluding hydrogens is 312 g/mol. The number of hydrogen-bond donors (Lipinski definition) is 0. The smallest absolute Gasteiger partial charge is 0.00871 e. The van der Waals surface area contributed by atoms with Crippen LogP contribution in [0.4, 0.5) is 0 Å². The molecule has 0 spiro atoms. The summed E-state index contributed by atoms with van der Waals surface area (Å²) in [6.07, 6.45) is 23.8. The lowest BCUT2D eigenvalue weighted by Crippen LogP contribution is -2.50. The van der Waals surface area contributed by atoms with Crippen LogP contribution < -0.4 is 0 Å². The second-order valence-electron chi connectivity index (χ2n) is 11.7. The number of rotatable bonds is 4. The molecule has 0 amide bonds. The minimum Gasteiger partial charge on any atom is -0.0840 e. The van der Waals surface area contributed by atoms with Gasteiger partial charge in [-0.3, -0.25) is 0 Å². The highest BCUT2D eigenvalue weighted by atomic mass is 14.6. The fourth-order valence-electron chi connectivity index (χ4n) is 8.65. The molecule has 0 N–H and O–H groups in total. The van der Waals surface area contributed by atoms with Crippen LogP contribution in [0.25, 0.3) is 0 Å². The highest BCUT2D eigenvalue weighted by Crippen LogP contribution is 2.65. The molecule has 5 rings (SSSR count). The van der Waals surface area contributed by atoms with Crippen LogP contribution >= 0.6 is 0 Å². The minimum absolute atomic E-state index is 0.536. The fraction of sp³-hybridized carbons (Fsp3) is 0.923. The van der Waals surface area contributed by atoms with Crippen molar-refractivity contribution in [2.45, 2.75) is 97.8 Å². The summed E-state index contributed by atoms with van der Waals surface area (Å²) in [4.78, 5) is 0. The molecule has 4 saturated carbocycles. The molecular formula is C26H42. The molecule has 9 atom stereocenters. The maximum atomic E-state index is 2.78. The summed E-state index contributed by atoms with van der Waals surface area (Å²) < 4.78 is 0.